The Morgan fingerprint density at radius 1 is 1.59 bits per heavy atom. The summed E-state index contributed by atoms with van der Waals surface area (Å²) in [6.45, 7) is 1.93. The summed E-state index contributed by atoms with van der Waals surface area (Å²) >= 11 is 0. The summed E-state index contributed by atoms with van der Waals surface area (Å²) in [5, 5.41) is 5.94. The molecule has 2 N–H and O–H groups in total. The van der Waals surface area contributed by atoms with Crippen molar-refractivity contribution >= 4 is 11.7 Å². The first-order valence-corrected chi connectivity index (χ1v) is 5.86. The van der Waals surface area contributed by atoms with Crippen LogP contribution in [-0.4, -0.2) is 24.0 Å². The van der Waals surface area contributed by atoms with E-state index in [2.05, 4.69) is 15.6 Å². The zero-order valence-corrected chi connectivity index (χ0v) is 9.58. The van der Waals surface area contributed by atoms with Gasteiger partial charge in [-0.15, -0.1) is 0 Å². The van der Waals surface area contributed by atoms with E-state index in [1.807, 2.05) is 0 Å². The molecule has 0 radical (unpaired) electrons. The number of nitrogens with zero attached hydrogens (tertiary/aromatic N) is 1. The van der Waals surface area contributed by atoms with E-state index in [9.17, 15) is 9.18 Å². The van der Waals surface area contributed by atoms with Crippen molar-refractivity contribution < 1.29 is 9.18 Å². The van der Waals surface area contributed by atoms with E-state index in [4.69, 9.17) is 0 Å². The molecule has 92 valence electrons. The molecular weight excluding hydrogens is 221 g/mol. The minimum absolute atomic E-state index is 0.0576. The van der Waals surface area contributed by atoms with Gasteiger partial charge in [0.15, 0.2) is 0 Å². The minimum atomic E-state index is -0.403. The van der Waals surface area contributed by atoms with Crippen LogP contribution in [0.5, 0.6) is 0 Å². The van der Waals surface area contributed by atoms with Crippen molar-refractivity contribution in [3.8, 4) is 0 Å². The molecule has 1 atom stereocenters. The Morgan fingerprint density at radius 3 is 3.12 bits per heavy atom. The van der Waals surface area contributed by atoms with Gasteiger partial charge in [0.1, 0.15) is 11.6 Å². The number of hydrogen-bond donors (Lipinski definition) is 2. The SMILES string of the molecule is O=C(CC1CCCNC1)Nc1ccc(F)cn1. The predicted molar refractivity (Wildman–Crippen MR) is 63.0 cm³/mol. The molecule has 17 heavy (non-hydrogen) atoms. The van der Waals surface area contributed by atoms with Gasteiger partial charge in [-0.1, -0.05) is 0 Å². The first-order chi connectivity index (χ1) is 8.24. The molecule has 0 spiro atoms. The van der Waals surface area contributed by atoms with Crippen LogP contribution in [0, 0.1) is 11.7 Å². The molecule has 5 heteroatoms. The standard InChI is InChI=1S/C12H16FN3O/c13-10-3-4-11(15-8-10)16-12(17)6-9-2-1-5-14-7-9/h3-4,8-9,14H,1-2,5-7H2,(H,15,16,17). The molecule has 1 amide bonds. The largest absolute Gasteiger partial charge is 0.316 e. The van der Waals surface area contributed by atoms with Gasteiger partial charge in [0.05, 0.1) is 6.20 Å². The van der Waals surface area contributed by atoms with Crippen LogP contribution in [0.4, 0.5) is 10.2 Å². The van der Waals surface area contributed by atoms with Gasteiger partial charge in [-0.3, -0.25) is 4.79 Å². The number of amides is 1. The smallest absolute Gasteiger partial charge is 0.225 e. The molecule has 0 aromatic carbocycles. The molecule has 1 aliphatic heterocycles. The number of pyridine rings is 1. The van der Waals surface area contributed by atoms with Crippen LogP contribution >= 0.6 is 0 Å². The van der Waals surface area contributed by atoms with Crippen molar-refractivity contribution in [3.05, 3.63) is 24.1 Å². The van der Waals surface area contributed by atoms with Gasteiger partial charge in [0.25, 0.3) is 0 Å². The lowest BCUT2D eigenvalue weighted by molar-refractivity contribution is -0.117. The summed E-state index contributed by atoms with van der Waals surface area (Å²) in [6, 6.07) is 2.75. The van der Waals surface area contributed by atoms with Gasteiger partial charge in [-0.25, -0.2) is 9.37 Å². The molecule has 1 saturated heterocycles. The first kappa shape index (κ1) is 12.0. The Kier molecular flexibility index (Phi) is 4.03. The number of halogens is 1. The van der Waals surface area contributed by atoms with Gasteiger partial charge >= 0.3 is 0 Å². The van der Waals surface area contributed by atoms with Crippen LogP contribution in [-0.2, 0) is 4.79 Å². The highest BCUT2D eigenvalue weighted by Gasteiger charge is 2.16. The fraction of sp³-hybridized carbons (Fsp3) is 0.500. The van der Waals surface area contributed by atoms with Crippen LogP contribution < -0.4 is 10.6 Å². The second kappa shape index (κ2) is 5.72. The van der Waals surface area contributed by atoms with Gasteiger partial charge in [-0.05, 0) is 44.0 Å². The molecule has 1 aromatic heterocycles. The average molecular weight is 237 g/mol. The molecule has 1 unspecified atom stereocenters. The van der Waals surface area contributed by atoms with Gasteiger partial charge in [0.2, 0.25) is 5.91 Å². The Morgan fingerprint density at radius 2 is 2.47 bits per heavy atom. The summed E-state index contributed by atoms with van der Waals surface area (Å²) in [6.07, 6.45) is 3.79. The van der Waals surface area contributed by atoms with E-state index in [0.29, 0.717) is 18.2 Å². The second-order valence-corrected chi connectivity index (χ2v) is 4.33. The third-order valence-electron chi connectivity index (χ3n) is 2.87. The highest BCUT2D eigenvalue weighted by atomic mass is 19.1. The maximum atomic E-state index is 12.6. The normalized spacial score (nSPS) is 19.9. The maximum absolute atomic E-state index is 12.6. The second-order valence-electron chi connectivity index (χ2n) is 4.33. The predicted octanol–water partition coefficient (Wildman–Crippen LogP) is 1.55. The Bertz CT molecular complexity index is 374. The molecule has 1 aromatic rings. The summed E-state index contributed by atoms with van der Waals surface area (Å²) in [4.78, 5) is 15.5. The summed E-state index contributed by atoms with van der Waals surface area (Å²) in [5.74, 6) is 0.335. The monoisotopic (exact) mass is 237 g/mol. The molecule has 0 aliphatic carbocycles. The van der Waals surface area contributed by atoms with Crippen LogP contribution in [0.15, 0.2) is 18.3 Å². The minimum Gasteiger partial charge on any atom is -0.316 e. The van der Waals surface area contributed by atoms with E-state index in [1.54, 1.807) is 0 Å². The van der Waals surface area contributed by atoms with Crippen molar-refractivity contribution in [3.63, 3.8) is 0 Å². The topological polar surface area (TPSA) is 54.0 Å². The lowest BCUT2D eigenvalue weighted by atomic mass is 9.96. The molecule has 2 rings (SSSR count). The van der Waals surface area contributed by atoms with Crippen molar-refractivity contribution in [1.29, 1.82) is 0 Å². The van der Waals surface area contributed by atoms with E-state index in [1.165, 1.54) is 12.1 Å². The summed E-state index contributed by atoms with van der Waals surface area (Å²) in [7, 11) is 0. The van der Waals surface area contributed by atoms with E-state index < -0.39 is 5.82 Å². The molecular formula is C12H16FN3O. The van der Waals surface area contributed by atoms with Crippen LogP contribution in [0.3, 0.4) is 0 Å². The number of anilines is 1. The fourth-order valence-electron chi connectivity index (χ4n) is 2.00. The number of aromatic nitrogens is 1. The number of piperidine rings is 1. The molecule has 0 saturated carbocycles. The lowest BCUT2D eigenvalue weighted by Crippen LogP contribution is -2.32. The fourth-order valence-corrected chi connectivity index (χ4v) is 2.00. The molecule has 1 fully saturated rings. The number of nitrogens with one attached hydrogen (secondary N) is 2. The van der Waals surface area contributed by atoms with Crippen LogP contribution in [0.25, 0.3) is 0 Å². The van der Waals surface area contributed by atoms with Crippen LogP contribution in [0.1, 0.15) is 19.3 Å². The Labute approximate surface area is 99.6 Å². The summed E-state index contributed by atoms with van der Waals surface area (Å²) < 4.78 is 12.6. The summed E-state index contributed by atoms with van der Waals surface area (Å²) in [5.41, 5.74) is 0. The van der Waals surface area contributed by atoms with E-state index in [-0.39, 0.29) is 5.91 Å². The molecule has 4 nitrogen and oxygen atoms in total. The Balaban J connectivity index is 1.82. The molecule has 2 heterocycles. The maximum Gasteiger partial charge on any atom is 0.225 e. The molecule has 1 aliphatic rings. The zero-order valence-electron chi connectivity index (χ0n) is 9.58. The highest BCUT2D eigenvalue weighted by molar-refractivity contribution is 5.89. The highest BCUT2D eigenvalue weighted by Crippen LogP contribution is 2.15. The van der Waals surface area contributed by atoms with Gasteiger partial charge in [0, 0.05) is 6.42 Å². The number of carbonyl (C=O) groups is 1. The first-order valence-electron chi connectivity index (χ1n) is 5.86. The van der Waals surface area contributed by atoms with E-state index >= 15 is 0 Å². The third-order valence-corrected chi connectivity index (χ3v) is 2.87. The van der Waals surface area contributed by atoms with Crippen molar-refractivity contribution in [2.45, 2.75) is 19.3 Å². The lowest BCUT2D eigenvalue weighted by Gasteiger charge is -2.21. The zero-order chi connectivity index (χ0) is 12.1. The quantitative estimate of drug-likeness (QED) is 0.838. The van der Waals surface area contributed by atoms with Crippen LogP contribution in [0.2, 0.25) is 0 Å². The van der Waals surface area contributed by atoms with Crippen molar-refractivity contribution in [2.24, 2.45) is 5.92 Å². The van der Waals surface area contributed by atoms with Gasteiger partial charge in [-0.2, -0.15) is 0 Å². The van der Waals surface area contributed by atoms with Crippen molar-refractivity contribution in [2.75, 3.05) is 18.4 Å². The van der Waals surface area contributed by atoms with E-state index in [0.717, 1.165) is 32.1 Å². The van der Waals surface area contributed by atoms with Gasteiger partial charge < -0.3 is 10.6 Å². The third kappa shape index (κ3) is 3.78. The average Bonchev–Trinajstić information content (AvgIpc) is 2.33. The molecule has 0 bridgehead atoms. The number of hydrogen-bond acceptors (Lipinski definition) is 3. The number of rotatable bonds is 3. The Hall–Kier alpha value is -1.49. The number of carbonyl (C=O) groups excluding carboxylic acids is 1. The van der Waals surface area contributed by atoms with Crippen molar-refractivity contribution in [1.82, 2.24) is 10.3 Å².